The van der Waals surface area contributed by atoms with E-state index in [9.17, 15) is 4.79 Å². The Morgan fingerprint density at radius 3 is 2.79 bits per heavy atom. The third kappa shape index (κ3) is 4.64. The number of carbonyl (C=O) groups is 1. The predicted octanol–water partition coefficient (Wildman–Crippen LogP) is 1.91. The Morgan fingerprint density at radius 1 is 1.46 bits per heavy atom. The molecular formula is C18H27N3O3. The summed E-state index contributed by atoms with van der Waals surface area (Å²) >= 11 is 0. The van der Waals surface area contributed by atoms with E-state index in [1.807, 2.05) is 30.1 Å². The largest absolute Gasteiger partial charge is 0.495 e. The van der Waals surface area contributed by atoms with Crippen LogP contribution in [-0.4, -0.2) is 57.3 Å². The van der Waals surface area contributed by atoms with E-state index in [0.717, 1.165) is 38.2 Å². The first kappa shape index (κ1) is 18.1. The van der Waals surface area contributed by atoms with Gasteiger partial charge in [0.05, 0.1) is 25.5 Å². The van der Waals surface area contributed by atoms with Gasteiger partial charge >= 0.3 is 0 Å². The maximum absolute atomic E-state index is 11.6. The first-order valence-corrected chi connectivity index (χ1v) is 8.22. The van der Waals surface area contributed by atoms with Crippen LogP contribution < -0.4 is 15.4 Å². The predicted molar refractivity (Wildman–Crippen MR) is 96.4 cm³/mol. The molecule has 1 aromatic rings. The molecule has 1 aliphatic rings. The number of carbonyl (C=O) groups excluding carboxylic acids is 1. The number of anilines is 2. The lowest BCUT2D eigenvalue weighted by Gasteiger charge is -2.31. The molecule has 0 saturated carbocycles. The Bertz CT molecular complexity index is 569. The molecule has 24 heavy (non-hydrogen) atoms. The Balaban J connectivity index is 1.74. The van der Waals surface area contributed by atoms with E-state index in [-0.39, 0.29) is 12.0 Å². The molecule has 1 fully saturated rings. The van der Waals surface area contributed by atoms with Crippen molar-refractivity contribution in [3.8, 4) is 5.75 Å². The molecular weight excluding hydrogens is 306 g/mol. The minimum absolute atomic E-state index is 0.00508. The van der Waals surface area contributed by atoms with Gasteiger partial charge in [0.15, 0.2) is 0 Å². The topological polar surface area (TPSA) is 68.0 Å². The number of rotatable bonds is 7. The summed E-state index contributed by atoms with van der Waals surface area (Å²) in [6.07, 6.45) is 3.34. The van der Waals surface area contributed by atoms with Crippen LogP contribution in [0.15, 0.2) is 30.9 Å². The number of piperidine rings is 1. The highest BCUT2D eigenvalue weighted by molar-refractivity contribution is 5.87. The minimum atomic E-state index is 0.00508. The maximum Gasteiger partial charge on any atom is 0.245 e. The van der Waals surface area contributed by atoms with Crippen molar-refractivity contribution >= 4 is 17.3 Å². The lowest BCUT2D eigenvalue weighted by atomic mass is 10.1. The van der Waals surface area contributed by atoms with Crippen LogP contribution in [0.4, 0.5) is 11.4 Å². The van der Waals surface area contributed by atoms with Crippen molar-refractivity contribution in [3.63, 3.8) is 0 Å². The number of nitrogens with two attached hydrogens (primary N) is 1. The first-order valence-electron chi connectivity index (χ1n) is 8.22. The summed E-state index contributed by atoms with van der Waals surface area (Å²) in [5.74, 6) is 0.685. The fourth-order valence-corrected chi connectivity index (χ4v) is 2.79. The number of likely N-dealkylation sites (tertiary alicyclic amines) is 1. The lowest BCUT2D eigenvalue weighted by molar-refractivity contribution is -0.128. The highest BCUT2D eigenvalue weighted by atomic mass is 16.5. The number of hydrogen-bond acceptors (Lipinski definition) is 5. The zero-order valence-electron chi connectivity index (χ0n) is 14.5. The molecule has 0 aliphatic carbocycles. The van der Waals surface area contributed by atoms with Gasteiger partial charge in [-0.05, 0) is 31.1 Å². The summed E-state index contributed by atoms with van der Waals surface area (Å²) in [5, 5.41) is 0. The SMILES string of the molecule is C=CC(=O)N1CCC(OCCN(C)c2ccc(N)c(OC)c2)CC1. The molecule has 6 nitrogen and oxygen atoms in total. The highest BCUT2D eigenvalue weighted by Gasteiger charge is 2.21. The van der Waals surface area contributed by atoms with Gasteiger partial charge in [0.1, 0.15) is 5.75 Å². The Hall–Kier alpha value is -2.21. The molecule has 2 N–H and O–H groups in total. The molecule has 1 heterocycles. The zero-order valence-corrected chi connectivity index (χ0v) is 14.5. The standard InChI is InChI=1S/C18H27N3O3/c1-4-18(22)21-9-7-15(8-10-21)24-12-11-20(2)14-5-6-16(19)17(13-14)23-3/h4-6,13,15H,1,7-12,19H2,2-3H3. The Morgan fingerprint density at radius 2 is 2.17 bits per heavy atom. The average molecular weight is 333 g/mol. The van der Waals surface area contributed by atoms with Crippen molar-refractivity contribution in [1.82, 2.24) is 4.90 Å². The molecule has 1 aromatic carbocycles. The maximum atomic E-state index is 11.6. The number of nitrogens with zero attached hydrogens (tertiary/aromatic N) is 2. The third-order valence-corrected chi connectivity index (χ3v) is 4.37. The highest BCUT2D eigenvalue weighted by Crippen LogP contribution is 2.26. The smallest absolute Gasteiger partial charge is 0.245 e. The van der Waals surface area contributed by atoms with Gasteiger partial charge in [-0.3, -0.25) is 4.79 Å². The van der Waals surface area contributed by atoms with Gasteiger partial charge < -0.3 is 25.0 Å². The van der Waals surface area contributed by atoms with Crippen molar-refractivity contribution in [1.29, 1.82) is 0 Å². The number of hydrogen-bond donors (Lipinski definition) is 1. The summed E-state index contributed by atoms with van der Waals surface area (Å²) < 4.78 is 11.2. The number of nitrogen functional groups attached to an aromatic ring is 1. The van der Waals surface area contributed by atoms with Crippen molar-refractivity contribution in [3.05, 3.63) is 30.9 Å². The van der Waals surface area contributed by atoms with E-state index in [0.29, 0.717) is 18.0 Å². The molecule has 1 amide bonds. The molecule has 0 aromatic heterocycles. The number of benzene rings is 1. The van der Waals surface area contributed by atoms with Gasteiger partial charge in [0, 0.05) is 38.4 Å². The number of amides is 1. The van der Waals surface area contributed by atoms with Gasteiger partial charge in [0.2, 0.25) is 5.91 Å². The van der Waals surface area contributed by atoms with Crippen LogP contribution in [0.1, 0.15) is 12.8 Å². The number of ether oxygens (including phenoxy) is 2. The van der Waals surface area contributed by atoms with Crippen molar-refractivity contribution in [2.75, 3.05) is 51.0 Å². The monoisotopic (exact) mass is 333 g/mol. The van der Waals surface area contributed by atoms with E-state index in [1.54, 1.807) is 7.11 Å². The van der Waals surface area contributed by atoms with Crippen LogP contribution in [-0.2, 0) is 9.53 Å². The van der Waals surface area contributed by atoms with Crippen LogP contribution >= 0.6 is 0 Å². The van der Waals surface area contributed by atoms with E-state index in [1.165, 1.54) is 6.08 Å². The van der Waals surface area contributed by atoms with Gasteiger partial charge in [-0.2, -0.15) is 0 Å². The van der Waals surface area contributed by atoms with Gasteiger partial charge in [0.25, 0.3) is 0 Å². The molecule has 0 radical (unpaired) electrons. The van der Waals surface area contributed by atoms with Gasteiger partial charge in [-0.25, -0.2) is 0 Å². The molecule has 0 atom stereocenters. The fraction of sp³-hybridized carbons (Fsp3) is 0.500. The van der Waals surface area contributed by atoms with Crippen molar-refractivity contribution in [2.24, 2.45) is 0 Å². The van der Waals surface area contributed by atoms with Crippen LogP contribution in [0.3, 0.4) is 0 Å². The quantitative estimate of drug-likeness (QED) is 0.610. The molecule has 0 unspecified atom stereocenters. The summed E-state index contributed by atoms with van der Waals surface area (Å²) in [6, 6.07) is 5.74. The van der Waals surface area contributed by atoms with Crippen LogP contribution in [0.5, 0.6) is 5.75 Å². The summed E-state index contributed by atoms with van der Waals surface area (Å²) in [4.78, 5) is 15.5. The molecule has 0 spiro atoms. The number of likely N-dealkylation sites (N-methyl/N-ethyl adjacent to an activating group) is 1. The van der Waals surface area contributed by atoms with Crippen LogP contribution in [0.25, 0.3) is 0 Å². The second-order valence-electron chi connectivity index (χ2n) is 5.95. The van der Waals surface area contributed by atoms with E-state index < -0.39 is 0 Å². The zero-order chi connectivity index (χ0) is 17.5. The fourth-order valence-electron chi connectivity index (χ4n) is 2.79. The summed E-state index contributed by atoms with van der Waals surface area (Å²) in [7, 11) is 3.63. The van der Waals surface area contributed by atoms with Crippen molar-refractivity contribution in [2.45, 2.75) is 18.9 Å². The summed E-state index contributed by atoms with van der Waals surface area (Å²) in [5.41, 5.74) is 7.51. The second-order valence-corrected chi connectivity index (χ2v) is 5.95. The first-order chi connectivity index (χ1) is 11.5. The molecule has 1 saturated heterocycles. The van der Waals surface area contributed by atoms with E-state index >= 15 is 0 Å². The average Bonchev–Trinajstić information content (AvgIpc) is 2.62. The Labute approximate surface area is 143 Å². The summed E-state index contributed by atoms with van der Waals surface area (Å²) in [6.45, 7) is 6.42. The molecule has 2 rings (SSSR count). The van der Waals surface area contributed by atoms with Crippen molar-refractivity contribution < 1.29 is 14.3 Å². The van der Waals surface area contributed by atoms with E-state index in [4.69, 9.17) is 15.2 Å². The molecule has 1 aliphatic heterocycles. The van der Waals surface area contributed by atoms with Gasteiger partial charge in [-0.15, -0.1) is 0 Å². The van der Waals surface area contributed by atoms with Crippen LogP contribution in [0, 0.1) is 0 Å². The van der Waals surface area contributed by atoms with Crippen LogP contribution in [0.2, 0.25) is 0 Å². The third-order valence-electron chi connectivity index (χ3n) is 4.37. The number of methoxy groups -OCH3 is 1. The molecule has 6 heteroatoms. The lowest BCUT2D eigenvalue weighted by Crippen LogP contribution is -2.40. The second kappa shape index (κ2) is 8.59. The minimum Gasteiger partial charge on any atom is -0.495 e. The van der Waals surface area contributed by atoms with Gasteiger partial charge in [-0.1, -0.05) is 6.58 Å². The Kier molecular flexibility index (Phi) is 6.49. The molecule has 0 bridgehead atoms. The van der Waals surface area contributed by atoms with E-state index in [2.05, 4.69) is 11.5 Å². The normalized spacial score (nSPS) is 15.2. The molecule has 132 valence electrons.